The highest BCUT2D eigenvalue weighted by molar-refractivity contribution is 6.74. The van der Waals surface area contributed by atoms with Crippen molar-refractivity contribution in [1.29, 1.82) is 0 Å². The quantitative estimate of drug-likeness (QED) is 0.315. The maximum atomic E-state index is 14.1. The molecule has 0 aromatic heterocycles. The molecule has 5 rings (SSSR count). The minimum absolute atomic E-state index is 0.130. The first-order valence-electron chi connectivity index (χ1n) is 14.4. The fourth-order valence-electron chi connectivity index (χ4n) is 8.83. The van der Waals surface area contributed by atoms with Crippen LogP contribution in [0.2, 0.25) is 18.1 Å². The minimum atomic E-state index is -2.45. The molecule has 0 aromatic carbocycles. The lowest BCUT2D eigenvalue weighted by molar-refractivity contribution is -0.274. The van der Waals surface area contributed by atoms with Crippen LogP contribution in [-0.4, -0.2) is 78.2 Å². The summed E-state index contributed by atoms with van der Waals surface area (Å²) in [5, 5.41) is 25.7. The van der Waals surface area contributed by atoms with Crippen LogP contribution in [0.3, 0.4) is 0 Å². The number of esters is 1. The van der Waals surface area contributed by atoms with E-state index in [-0.39, 0.29) is 23.4 Å². The van der Waals surface area contributed by atoms with E-state index in [1.165, 1.54) is 0 Å². The monoisotopic (exact) mass is 533 g/mol. The second kappa shape index (κ2) is 8.23. The standard InChI is InChI=1S/C29H47NO6Si/c1-8-30-18-25-12-10-13-26(19-30,23(32)35-9-2)28(25,33)16-15-27(36-37(6,7)24(3,4)5)14-11-20-17-21(25)29(27,34)22(20)31/h11,14,20-21,33-34H,8-10,12-13,15-19H2,1-7H3/t20-,21-,25+,26-,27-,28+,29-/m0/s1. The molecule has 0 radical (unpaired) electrons. The summed E-state index contributed by atoms with van der Waals surface area (Å²) in [6, 6.07) is 0. The Morgan fingerprint density at radius 3 is 2.46 bits per heavy atom. The van der Waals surface area contributed by atoms with Crippen LogP contribution in [0, 0.1) is 22.7 Å². The van der Waals surface area contributed by atoms with E-state index in [0.717, 1.165) is 13.0 Å². The largest absolute Gasteiger partial charge is 0.465 e. The Morgan fingerprint density at radius 1 is 1.14 bits per heavy atom. The van der Waals surface area contributed by atoms with Crippen molar-refractivity contribution in [3.63, 3.8) is 0 Å². The third kappa shape index (κ3) is 3.19. The van der Waals surface area contributed by atoms with Crippen molar-refractivity contribution in [2.75, 3.05) is 26.2 Å². The molecule has 1 heterocycles. The lowest BCUT2D eigenvalue weighted by atomic mass is 9.44. The molecule has 3 saturated carbocycles. The van der Waals surface area contributed by atoms with Crippen molar-refractivity contribution in [1.82, 2.24) is 4.90 Å². The van der Waals surface area contributed by atoms with Crippen LogP contribution < -0.4 is 0 Å². The number of rotatable bonds is 5. The van der Waals surface area contributed by atoms with E-state index >= 15 is 0 Å². The van der Waals surface area contributed by atoms with Gasteiger partial charge in [-0.1, -0.05) is 46.3 Å². The first kappa shape index (κ1) is 27.5. The first-order valence-corrected chi connectivity index (χ1v) is 17.3. The van der Waals surface area contributed by atoms with Crippen LogP contribution in [-0.2, 0) is 18.8 Å². The summed E-state index contributed by atoms with van der Waals surface area (Å²) in [5.41, 5.74) is -6.25. The summed E-state index contributed by atoms with van der Waals surface area (Å²) in [5.74, 6) is -1.40. The average molecular weight is 534 g/mol. The molecule has 5 aliphatic rings. The Labute approximate surface area is 223 Å². The number of ketones is 1. The predicted octanol–water partition coefficient (Wildman–Crippen LogP) is 3.83. The number of carbonyl (C=O) groups is 2. The number of Topliss-reactive ketones (excluding diaryl/α,β-unsaturated/α-hetero) is 1. The summed E-state index contributed by atoms with van der Waals surface area (Å²) in [6.07, 6.45) is 6.98. The molecular formula is C29H47NO6Si. The van der Waals surface area contributed by atoms with Crippen LogP contribution in [0.1, 0.15) is 73.1 Å². The number of nitrogens with zero attached hydrogens (tertiary/aromatic N) is 1. The number of hydrogen-bond acceptors (Lipinski definition) is 7. The Balaban J connectivity index is 1.75. The van der Waals surface area contributed by atoms with Crippen LogP contribution in [0.15, 0.2) is 12.2 Å². The fourth-order valence-corrected chi connectivity index (χ4v) is 10.4. The van der Waals surface area contributed by atoms with Gasteiger partial charge in [0.1, 0.15) is 11.0 Å². The fraction of sp³-hybridized carbons (Fsp3) is 0.862. The molecule has 208 valence electrons. The molecule has 8 heteroatoms. The Kier molecular flexibility index (Phi) is 6.11. The van der Waals surface area contributed by atoms with E-state index in [9.17, 15) is 19.8 Å². The van der Waals surface area contributed by atoms with E-state index in [4.69, 9.17) is 9.16 Å². The number of aliphatic hydroxyl groups is 2. The summed E-state index contributed by atoms with van der Waals surface area (Å²) in [4.78, 5) is 30.1. The molecule has 2 N–H and O–H groups in total. The Morgan fingerprint density at radius 2 is 1.84 bits per heavy atom. The van der Waals surface area contributed by atoms with Gasteiger partial charge in [-0.2, -0.15) is 0 Å². The van der Waals surface area contributed by atoms with Crippen molar-refractivity contribution < 1.29 is 29.0 Å². The molecule has 0 unspecified atom stereocenters. The zero-order chi connectivity index (χ0) is 27.3. The number of carbonyl (C=O) groups excluding carboxylic acids is 2. The van der Waals surface area contributed by atoms with Gasteiger partial charge in [-0.3, -0.25) is 9.59 Å². The number of ether oxygens (including phenoxy) is 1. The smallest absolute Gasteiger partial charge is 0.316 e. The molecule has 37 heavy (non-hydrogen) atoms. The molecule has 7 atom stereocenters. The average Bonchev–Trinajstić information content (AvgIpc) is 2.94. The SMILES string of the molecule is CCOC(=O)[C@]12CCC[C@@]3(CN(CC)C1)[C@@H]1C[C@@H]4C=C[C@](O[Si](C)(C)C(C)(C)C)(CC[C@]23O)[C@@]1(O)C4=O. The van der Waals surface area contributed by atoms with Gasteiger partial charge < -0.3 is 24.3 Å². The third-order valence-corrected chi connectivity index (χ3v) is 16.2. The van der Waals surface area contributed by atoms with E-state index in [1.807, 2.05) is 19.1 Å². The number of hydrogen-bond donors (Lipinski definition) is 2. The van der Waals surface area contributed by atoms with Gasteiger partial charge in [0, 0.05) is 30.3 Å². The lowest BCUT2D eigenvalue weighted by Gasteiger charge is -2.67. The van der Waals surface area contributed by atoms with Crippen LogP contribution in [0.5, 0.6) is 0 Å². The zero-order valence-corrected chi connectivity index (χ0v) is 24.9. The van der Waals surface area contributed by atoms with Crippen molar-refractivity contribution >= 4 is 20.1 Å². The molecule has 0 amide bonds. The van der Waals surface area contributed by atoms with Gasteiger partial charge in [-0.15, -0.1) is 0 Å². The van der Waals surface area contributed by atoms with E-state index in [1.54, 1.807) is 0 Å². The lowest BCUT2D eigenvalue weighted by Crippen LogP contribution is -2.77. The number of allylic oxidation sites excluding steroid dienone is 1. The van der Waals surface area contributed by atoms with Gasteiger partial charge >= 0.3 is 5.97 Å². The third-order valence-electron chi connectivity index (χ3n) is 11.7. The number of piperidine rings is 1. The molecule has 7 nitrogen and oxygen atoms in total. The van der Waals surface area contributed by atoms with Crippen LogP contribution in [0.25, 0.3) is 0 Å². The predicted molar refractivity (Wildman–Crippen MR) is 143 cm³/mol. The van der Waals surface area contributed by atoms with Gasteiger partial charge in [0.25, 0.3) is 0 Å². The number of fused-ring (bicyclic) bond motifs is 1. The molecule has 4 bridgehead atoms. The molecule has 1 aliphatic heterocycles. The Bertz CT molecular complexity index is 1020. The minimum Gasteiger partial charge on any atom is -0.465 e. The summed E-state index contributed by atoms with van der Waals surface area (Å²) < 4.78 is 12.8. The molecule has 4 aliphatic carbocycles. The first-order chi connectivity index (χ1) is 17.1. The topological polar surface area (TPSA) is 96.3 Å². The molecule has 4 fully saturated rings. The zero-order valence-electron chi connectivity index (χ0n) is 23.9. The summed E-state index contributed by atoms with van der Waals surface area (Å²) >= 11 is 0. The number of likely N-dealkylation sites (tertiary alicyclic amines) is 1. The second-order valence-corrected chi connectivity index (χ2v) is 18.8. The van der Waals surface area contributed by atoms with Crippen molar-refractivity contribution in [2.24, 2.45) is 22.7 Å². The van der Waals surface area contributed by atoms with Gasteiger partial charge in [0.05, 0.1) is 12.2 Å². The molecule has 1 saturated heterocycles. The Hall–Kier alpha value is -1.06. The molecule has 0 aromatic rings. The highest BCUT2D eigenvalue weighted by atomic mass is 28.4. The van der Waals surface area contributed by atoms with Crippen molar-refractivity contribution in [3.05, 3.63) is 12.2 Å². The van der Waals surface area contributed by atoms with Gasteiger partial charge in [0.15, 0.2) is 19.7 Å². The van der Waals surface area contributed by atoms with Crippen molar-refractivity contribution in [3.8, 4) is 0 Å². The molecule has 0 spiro atoms. The van der Waals surface area contributed by atoms with E-state index in [0.29, 0.717) is 45.2 Å². The maximum Gasteiger partial charge on any atom is 0.316 e. The molecular weight excluding hydrogens is 486 g/mol. The highest BCUT2D eigenvalue weighted by Gasteiger charge is 2.81. The van der Waals surface area contributed by atoms with Gasteiger partial charge in [-0.25, -0.2) is 0 Å². The summed E-state index contributed by atoms with van der Waals surface area (Å²) in [6.45, 7) is 16.7. The normalized spacial score (nSPS) is 45.4. The van der Waals surface area contributed by atoms with Gasteiger partial charge in [-0.05, 0) is 63.7 Å². The highest BCUT2D eigenvalue weighted by Crippen LogP contribution is 2.71. The van der Waals surface area contributed by atoms with Crippen molar-refractivity contribution in [2.45, 2.75) is 108 Å². The van der Waals surface area contributed by atoms with Crippen LogP contribution in [0.4, 0.5) is 0 Å². The second-order valence-electron chi connectivity index (χ2n) is 14.1. The maximum absolute atomic E-state index is 14.1. The van der Waals surface area contributed by atoms with E-state index in [2.05, 4.69) is 45.7 Å². The van der Waals surface area contributed by atoms with Gasteiger partial charge in [0.2, 0.25) is 0 Å². The van der Waals surface area contributed by atoms with E-state index < -0.39 is 47.8 Å². The summed E-state index contributed by atoms with van der Waals surface area (Å²) in [7, 11) is -2.45. The van der Waals surface area contributed by atoms with Crippen LogP contribution >= 0.6 is 0 Å².